The summed E-state index contributed by atoms with van der Waals surface area (Å²) in [6.07, 6.45) is 6.78. The largest absolute Gasteiger partial charge is 0.455 e. The maximum atomic E-state index is 6.79. The van der Waals surface area contributed by atoms with Crippen molar-refractivity contribution in [2.24, 2.45) is 0 Å². The van der Waals surface area contributed by atoms with Crippen LogP contribution in [0.5, 0.6) is 0 Å². The summed E-state index contributed by atoms with van der Waals surface area (Å²) >= 11 is 0. The fraction of sp³-hybridized carbons (Fsp3) is 0.0455. The van der Waals surface area contributed by atoms with Crippen LogP contribution in [-0.2, 0) is 0 Å². The molecular weight excluding hydrogens is 544 g/mol. The molecule has 0 atom stereocenters. The van der Waals surface area contributed by atoms with Crippen LogP contribution in [0.4, 0.5) is 0 Å². The summed E-state index contributed by atoms with van der Waals surface area (Å²) in [5.41, 5.74) is 11.9. The average Bonchev–Trinajstić information content (AvgIpc) is 3.51. The quantitative estimate of drug-likeness (QED) is 0.191. The fourth-order valence-corrected chi connectivity index (χ4v) is 7.39. The highest BCUT2D eigenvalue weighted by Crippen LogP contribution is 2.47. The maximum Gasteiger partial charge on any atom is 0.143 e. The summed E-state index contributed by atoms with van der Waals surface area (Å²) in [6, 6.07) is 52.4. The van der Waals surface area contributed by atoms with Gasteiger partial charge in [0.15, 0.2) is 0 Å². The van der Waals surface area contributed by atoms with Crippen LogP contribution in [-0.4, -0.2) is 0 Å². The van der Waals surface area contributed by atoms with Gasteiger partial charge in [0.05, 0.1) is 0 Å². The van der Waals surface area contributed by atoms with Crippen LogP contribution < -0.4 is 0 Å². The van der Waals surface area contributed by atoms with E-state index in [2.05, 4.69) is 158 Å². The van der Waals surface area contributed by atoms with Crippen molar-refractivity contribution in [3.05, 3.63) is 169 Å². The standard InChI is InChI=1S/C44H30O/c1-3-14-29(15-4-1)31-18-11-19-32(28-31)33-24-12-26-39-43-38(25-13-27-40(43)45-44(33)39)42-36-22-9-7-20-34(36)41(30-16-5-2-6-17-30)35-21-8-10-23-37(35)42/h1-10,12-17,19-28H,11,18H2. The van der Waals surface area contributed by atoms with Gasteiger partial charge in [-0.1, -0.05) is 152 Å². The van der Waals surface area contributed by atoms with Gasteiger partial charge in [-0.05, 0) is 79.4 Å². The number of fused-ring (bicyclic) bond motifs is 5. The number of benzene rings is 7. The predicted molar refractivity (Wildman–Crippen MR) is 191 cm³/mol. The van der Waals surface area contributed by atoms with Crippen molar-refractivity contribution in [2.45, 2.75) is 12.8 Å². The molecule has 1 aromatic heterocycles. The molecule has 0 saturated carbocycles. The maximum absolute atomic E-state index is 6.79. The van der Waals surface area contributed by atoms with E-state index in [9.17, 15) is 0 Å². The topological polar surface area (TPSA) is 13.1 Å². The van der Waals surface area contributed by atoms with Gasteiger partial charge in [-0.25, -0.2) is 0 Å². The van der Waals surface area contributed by atoms with Gasteiger partial charge in [-0.2, -0.15) is 0 Å². The van der Waals surface area contributed by atoms with Crippen LogP contribution in [0.25, 0.3) is 76.9 Å². The molecule has 1 heteroatoms. The highest BCUT2D eigenvalue weighted by Gasteiger charge is 2.21. The molecule has 0 bridgehead atoms. The first-order valence-electron chi connectivity index (χ1n) is 15.8. The van der Waals surface area contributed by atoms with E-state index in [1.165, 1.54) is 65.9 Å². The minimum absolute atomic E-state index is 0.916. The van der Waals surface area contributed by atoms with Crippen LogP contribution in [0.3, 0.4) is 0 Å². The van der Waals surface area contributed by atoms with E-state index in [0.29, 0.717) is 0 Å². The number of hydrogen-bond acceptors (Lipinski definition) is 1. The molecule has 0 spiro atoms. The number of para-hydroxylation sites is 1. The third-order valence-electron chi connectivity index (χ3n) is 9.35. The Labute approximate surface area is 262 Å². The summed E-state index contributed by atoms with van der Waals surface area (Å²) in [6.45, 7) is 0. The minimum atomic E-state index is 0.916. The zero-order valence-electron chi connectivity index (χ0n) is 24.8. The summed E-state index contributed by atoms with van der Waals surface area (Å²) in [5, 5.41) is 7.33. The zero-order valence-corrected chi connectivity index (χ0v) is 24.8. The SMILES string of the molecule is C1=C(c2ccccc2)CCC=C1c1cccc2c1oc1cccc(-c3c4ccccc4c(-c4ccccc4)c4ccccc34)c12. The van der Waals surface area contributed by atoms with Crippen molar-refractivity contribution in [1.29, 1.82) is 0 Å². The van der Waals surface area contributed by atoms with Crippen molar-refractivity contribution in [3.8, 4) is 22.3 Å². The molecule has 0 saturated heterocycles. The van der Waals surface area contributed by atoms with Crippen molar-refractivity contribution >= 4 is 54.6 Å². The number of hydrogen-bond donors (Lipinski definition) is 0. The molecule has 0 N–H and O–H groups in total. The monoisotopic (exact) mass is 574 g/mol. The number of furan rings is 1. The molecule has 0 radical (unpaired) electrons. The summed E-state index contributed by atoms with van der Waals surface area (Å²) < 4.78 is 6.79. The van der Waals surface area contributed by atoms with Crippen molar-refractivity contribution in [2.75, 3.05) is 0 Å². The Kier molecular flexibility index (Phi) is 6.02. The summed E-state index contributed by atoms with van der Waals surface area (Å²) in [4.78, 5) is 0. The molecular formula is C44H30O. The van der Waals surface area contributed by atoms with Gasteiger partial charge in [0, 0.05) is 16.3 Å². The summed E-state index contributed by atoms with van der Waals surface area (Å²) in [5.74, 6) is 0. The molecule has 0 amide bonds. The Hall–Kier alpha value is -5.66. The van der Waals surface area contributed by atoms with E-state index in [-0.39, 0.29) is 0 Å². The average molecular weight is 575 g/mol. The number of allylic oxidation sites excluding steroid dienone is 4. The van der Waals surface area contributed by atoms with Gasteiger partial charge in [0.2, 0.25) is 0 Å². The second kappa shape index (κ2) is 10.5. The highest BCUT2D eigenvalue weighted by molar-refractivity contribution is 6.26. The van der Waals surface area contributed by atoms with Gasteiger partial charge >= 0.3 is 0 Å². The van der Waals surface area contributed by atoms with E-state index in [0.717, 1.165) is 35.0 Å². The van der Waals surface area contributed by atoms with E-state index < -0.39 is 0 Å². The van der Waals surface area contributed by atoms with Crippen LogP contribution in [0.2, 0.25) is 0 Å². The Bertz CT molecular complexity index is 2400. The lowest BCUT2D eigenvalue weighted by Gasteiger charge is -2.18. The van der Waals surface area contributed by atoms with Crippen LogP contribution in [0.15, 0.2) is 162 Å². The molecule has 0 aliphatic heterocycles. The third-order valence-corrected chi connectivity index (χ3v) is 9.35. The molecule has 8 aromatic rings. The lowest BCUT2D eigenvalue weighted by Crippen LogP contribution is -1.93. The first kappa shape index (κ1) is 25.8. The van der Waals surface area contributed by atoms with E-state index >= 15 is 0 Å². The predicted octanol–water partition coefficient (Wildman–Crippen LogP) is 12.5. The minimum Gasteiger partial charge on any atom is -0.455 e. The Morgan fingerprint density at radius 1 is 0.444 bits per heavy atom. The third kappa shape index (κ3) is 4.16. The van der Waals surface area contributed by atoms with E-state index in [1.807, 2.05) is 0 Å². The molecule has 1 aliphatic carbocycles. The molecule has 9 rings (SSSR count). The lowest BCUT2D eigenvalue weighted by molar-refractivity contribution is 0.668. The van der Waals surface area contributed by atoms with Gasteiger partial charge in [-0.15, -0.1) is 0 Å². The van der Waals surface area contributed by atoms with Gasteiger partial charge in [0.25, 0.3) is 0 Å². The van der Waals surface area contributed by atoms with Crippen molar-refractivity contribution < 1.29 is 4.42 Å². The normalized spacial score (nSPS) is 13.4. The van der Waals surface area contributed by atoms with Crippen molar-refractivity contribution in [1.82, 2.24) is 0 Å². The molecule has 1 nitrogen and oxygen atoms in total. The van der Waals surface area contributed by atoms with Crippen molar-refractivity contribution in [3.63, 3.8) is 0 Å². The zero-order chi connectivity index (χ0) is 29.7. The smallest absolute Gasteiger partial charge is 0.143 e. The Morgan fingerprint density at radius 2 is 1.00 bits per heavy atom. The van der Waals surface area contributed by atoms with Gasteiger partial charge in [-0.3, -0.25) is 0 Å². The molecule has 1 aliphatic rings. The second-order valence-electron chi connectivity index (χ2n) is 11.9. The van der Waals surface area contributed by atoms with Crippen LogP contribution >= 0.6 is 0 Å². The molecule has 1 heterocycles. The highest BCUT2D eigenvalue weighted by atomic mass is 16.3. The van der Waals surface area contributed by atoms with E-state index in [1.54, 1.807) is 0 Å². The molecule has 212 valence electrons. The number of rotatable bonds is 4. The molecule has 0 fully saturated rings. The first-order chi connectivity index (χ1) is 22.3. The molecule has 45 heavy (non-hydrogen) atoms. The Morgan fingerprint density at radius 3 is 1.69 bits per heavy atom. The van der Waals surface area contributed by atoms with E-state index in [4.69, 9.17) is 4.42 Å². The molecule has 0 unspecified atom stereocenters. The van der Waals surface area contributed by atoms with Gasteiger partial charge < -0.3 is 4.42 Å². The Balaban J connectivity index is 1.32. The van der Waals surface area contributed by atoms with Gasteiger partial charge in [0.1, 0.15) is 11.2 Å². The second-order valence-corrected chi connectivity index (χ2v) is 11.9. The van der Waals surface area contributed by atoms with Crippen LogP contribution in [0, 0.1) is 0 Å². The van der Waals surface area contributed by atoms with Crippen LogP contribution in [0.1, 0.15) is 24.0 Å². The lowest BCUT2D eigenvalue weighted by atomic mass is 9.85. The summed E-state index contributed by atoms with van der Waals surface area (Å²) in [7, 11) is 0. The fourth-order valence-electron chi connectivity index (χ4n) is 7.39. The first-order valence-corrected chi connectivity index (χ1v) is 15.8. The molecule has 7 aromatic carbocycles.